The predicted molar refractivity (Wildman–Crippen MR) is 92.7 cm³/mol. The molecule has 0 bridgehead atoms. The Balaban J connectivity index is 2.01. The summed E-state index contributed by atoms with van der Waals surface area (Å²) in [6.07, 6.45) is 1.10. The first-order chi connectivity index (χ1) is 9.94. The van der Waals surface area contributed by atoms with Crippen LogP contribution in [0.25, 0.3) is 0 Å². The molecule has 0 unspecified atom stereocenters. The molecule has 0 saturated carbocycles. The van der Waals surface area contributed by atoms with Gasteiger partial charge in [0.15, 0.2) is 0 Å². The van der Waals surface area contributed by atoms with Gasteiger partial charge in [0, 0.05) is 22.0 Å². The summed E-state index contributed by atoms with van der Waals surface area (Å²) in [5, 5.41) is 3.83. The topological polar surface area (TPSA) is 12.0 Å². The Morgan fingerprint density at radius 2 is 1.76 bits per heavy atom. The predicted octanol–water partition coefficient (Wildman–Crippen LogP) is 5.22. The molecule has 0 aliphatic heterocycles. The lowest BCUT2D eigenvalue weighted by Gasteiger charge is -2.31. The highest BCUT2D eigenvalue weighted by Crippen LogP contribution is 2.44. The fraction of sp³-hybridized carbons (Fsp3) is 0.368. The smallest absolute Gasteiger partial charge is 0.0399 e. The molecule has 3 rings (SSSR count). The third-order valence-electron chi connectivity index (χ3n) is 4.10. The van der Waals surface area contributed by atoms with Crippen molar-refractivity contribution in [3.63, 3.8) is 0 Å². The number of fused-ring (bicyclic) bond motifs is 1. The summed E-state index contributed by atoms with van der Waals surface area (Å²) in [6, 6.07) is 18.0. The monoisotopic (exact) mass is 343 g/mol. The average molecular weight is 344 g/mol. The molecule has 0 aromatic heterocycles. The lowest BCUT2D eigenvalue weighted by atomic mass is 9.90. The average Bonchev–Trinajstić information content (AvgIpc) is 2.76. The highest BCUT2D eigenvalue weighted by Gasteiger charge is 2.35. The maximum absolute atomic E-state index is 3.83. The SMILES string of the molecule is CC(C)(C)N[C@@H]1c2ccc(Br)cc2C[C@H]1c1ccccc1. The number of hydrogen-bond donors (Lipinski definition) is 1. The maximum Gasteiger partial charge on any atom is 0.0399 e. The molecule has 2 atom stereocenters. The van der Waals surface area contributed by atoms with Crippen molar-refractivity contribution in [2.24, 2.45) is 0 Å². The molecule has 0 radical (unpaired) electrons. The fourth-order valence-corrected chi connectivity index (χ4v) is 3.69. The Hall–Kier alpha value is -1.12. The molecular formula is C19H22BrN. The third kappa shape index (κ3) is 3.22. The van der Waals surface area contributed by atoms with E-state index in [1.54, 1.807) is 0 Å². The Morgan fingerprint density at radius 1 is 1.05 bits per heavy atom. The van der Waals surface area contributed by atoms with Crippen LogP contribution >= 0.6 is 15.9 Å². The second kappa shape index (κ2) is 5.58. The van der Waals surface area contributed by atoms with Crippen LogP contribution in [0, 0.1) is 0 Å². The summed E-state index contributed by atoms with van der Waals surface area (Å²) in [5.74, 6) is 0.509. The van der Waals surface area contributed by atoms with Crippen molar-refractivity contribution in [3.05, 3.63) is 69.7 Å². The van der Waals surface area contributed by atoms with E-state index in [1.807, 2.05) is 0 Å². The summed E-state index contributed by atoms with van der Waals surface area (Å²) in [7, 11) is 0. The van der Waals surface area contributed by atoms with Crippen LogP contribution in [0.5, 0.6) is 0 Å². The largest absolute Gasteiger partial charge is 0.305 e. The summed E-state index contributed by atoms with van der Waals surface area (Å²) < 4.78 is 1.17. The van der Waals surface area contributed by atoms with E-state index < -0.39 is 0 Å². The van der Waals surface area contributed by atoms with Crippen molar-refractivity contribution in [3.8, 4) is 0 Å². The summed E-state index contributed by atoms with van der Waals surface area (Å²) in [6.45, 7) is 6.73. The molecule has 0 saturated heterocycles. The number of nitrogens with one attached hydrogen (secondary N) is 1. The van der Waals surface area contributed by atoms with Gasteiger partial charge in [0.2, 0.25) is 0 Å². The van der Waals surface area contributed by atoms with Crippen LogP contribution in [0.2, 0.25) is 0 Å². The van der Waals surface area contributed by atoms with Crippen LogP contribution < -0.4 is 5.32 Å². The Bertz CT molecular complexity index is 628. The van der Waals surface area contributed by atoms with Gasteiger partial charge in [0.05, 0.1) is 0 Å². The van der Waals surface area contributed by atoms with Gasteiger partial charge in [0.25, 0.3) is 0 Å². The molecule has 0 amide bonds. The molecule has 0 fully saturated rings. The van der Waals surface area contributed by atoms with Crippen LogP contribution in [-0.4, -0.2) is 5.54 Å². The second-order valence-corrected chi connectivity index (χ2v) is 7.85. The first-order valence-corrected chi connectivity index (χ1v) is 8.34. The second-order valence-electron chi connectivity index (χ2n) is 6.94. The first kappa shape index (κ1) is 14.8. The van der Waals surface area contributed by atoms with Gasteiger partial charge in [-0.2, -0.15) is 0 Å². The maximum atomic E-state index is 3.83. The van der Waals surface area contributed by atoms with E-state index in [9.17, 15) is 0 Å². The fourth-order valence-electron chi connectivity index (χ4n) is 3.28. The van der Waals surface area contributed by atoms with E-state index in [1.165, 1.54) is 21.2 Å². The normalized spacial score (nSPS) is 21.3. The lowest BCUT2D eigenvalue weighted by Crippen LogP contribution is -2.40. The van der Waals surface area contributed by atoms with Gasteiger partial charge in [-0.3, -0.25) is 0 Å². The summed E-state index contributed by atoms with van der Waals surface area (Å²) in [4.78, 5) is 0. The first-order valence-electron chi connectivity index (χ1n) is 7.55. The van der Waals surface area contributed by atoms with E-state index in [0.29, 0.717) is 12.0 Å². The van der Waals surface area contributed by atoms with Gasteiger partial charge in [0.1, 0.15) is 0 Å². The quantitative estimate of drug-likeness (QED) is 0.788. The van der Waals surface area contributed by atoms with Crippen molar-refractivity contribution in [1.29, 1.82) is 0 Å². The van der Waals surface area contributed by atoms with E-state index >= 15 is 0 Å². The molecule has 1 nitrogen and oxygen atoms in total. The Kier molecular flexibility index (Phi) is 3.94. The zero-order valence-electron chi connectivity index (χ0n) is 12.9. The van der Waals surface area contributed by atoms with Crippen LogP contribution in [0.3, 0.4) is 0 Å². The molecule has 2 aromatic carbocycles. The van der Waals surface area contributed by atoms with Crippen LogP contribution in [-0.2, 0) is 6.42 Å². The van der Waals surface area contributed by atoms with Crippen LogP contribution in [0.4, 0.5) is 0 Å². The zero-order chi connectivity index (χ0) is 15.0. The molecule has 0 spiro atoms. The van der Waals surface area contributed by atoms with Crippen LogP contribution in [0.15, 0.2) is 53.0 Å². The number of benzene rings is 2. The van der Waals surface area contributed by atoms with Gasteiger partial charge < -0.3 is 5.32 Å². The Morgan fingerprint density at radius 3 is 2.43 bits per heavy atom. The lowest BCUT2D eigenvalue weighted by molar-refractivity contribution is 0.340. The third-order valence-corrected chi connectivity index (χ3v) is 4.59. The Labute approximate surface area is 135 Å². The zero-order valence-corrected chi connectivity index (χ0v) is 14.4. The van der Waals surface area contributed by atoms with E-state index in [4.69, 9.17) is 0 Å². The highest BCUT2D eigenvalue weighted by atomic mass is 79.9. The number of rotatable bonds is 2. The van der Waals surface area contributed by atoms with Crippen molar-refractivity contribution >= 4 is 15.9 Å². The van der Waals surface area contributed by atoms with Crippen molar-refractivity contribution in [1.82, 2.24) is 5.32 Å². The molecule has 110 valence electrons. The summed E-state index contributed by atoms with van der Waals surface area (Å²) in [5.41, 5.74) is 4.43. The standard InChI is InChI=1S/C19H22BrN/c1-19(2,3)21-18-16-10-9-15(20)11-14(16)12-17(18)13-7-5-4-6-8-13/h4-11,17-18,21H,12H2,1-3H3/t17-,18+/m0/s1. The van der Waals surface area contributed by atoms with Crippen molar-refractivity contribution in [2.75, 3.05) is 0 Å². The molecule has 1 N–H and O–H groups in total. The van der Waals surface area contributed by atoms with Gasteiger partial charge >= 0.3 is 0 Å². The van der Waals surface area contributed by atoms with Gasteiger partial charge in [-0.25, -0.2) is 0 Å². The molecule has 1 aliphatic rings. The van der Waals surface area contributed by atoms with Gasteiger partial charge in [-0.15, -0.1) is 0 Å². The van der Waals surface area contributed by atoms with E-state index in [2.05, 4.69) is 90.5 Å². The molecule has 0 heterocycles. The van der Waals surface area contributed by atoms with Gasteiger partial charge in [-0.05, 0) is 56.0 Å². The summed E-state index contributed by atoms with van der Waals surface area (Å²) >= 11 is 3.60. The molecule has 21 heavy (non-hydrogen) atoms. The molecular weight excluding hydrogens is 322 g/mol. The molecule has 2 heteroatoms. The molecule has 2 aromatic rings. The molecule has 1 aliphatic carbocycles. The minimum Gasteiger partial charge on any atom is -0.305 e. The number of halogens is 1. The van der Waals surface area contributed by atoms with Crippen molar-refractivity contribution in [2.45, 2.75) is 44.7 Å². The minimum absolute atomic E-state index is 0.104. The van der Waals surface area contributed by atoms with Crippen molar-refractivity contribution < 1.29 is 0 Å². The van der Waals surface area contributed by atoms with Gasteiger partial charge in [-0.1, -0.05) is 52.3 Å². The highest BCUT2D eigenvalue weighted by molar-refractivity contribution is 9.10. The van der Waals surface area contributed by atoms with Crippen LogP contribution in [0.1, 0.15) is 49.4 Å². The number of hydrogen-bond acceptors (Lipinski definition) is 1. The van der Waals surface area contributed by atoms with E-state index in [0.717, 1.165) is 6.42 Å². The van der Waals surface area contributed by atoms with E-state index in [-0.39, 0.29) is 5.54 Å². The minimum atomic E-state index is 0.104.